The van der Waals surface area contributed by atoms with Gasteiger partial charge >= 0.3 is 0 Å². The molecule has 0 saturated carbocycles. The first kappa shape index (κ1) is 13.9. The van der Waals surface area contributed by atoms with Crippen molar-refractivity contribution >= 4 is 0 Å². The standard InChI is InChI=1S/C13H27NO2/c1-12(2,3)14-7-8-15-11(9-14)10-16-13(4,5)6/h11H,7-10H2,1-6H3. The van der Waals surface area contributed by atoms with E-state index in [1.807, 2.05) is 0 Å². The molecular weight excluding hydrogens is 202 g/mol. The Morgan fingerprint density at radius 2 is 1.81 bits per heavy atom. The number of rotatable bonds is 2. The van der Waals surface area contributed by atoms with Gasteiger partial charge in [0.15, 0.2) is 0 Å². The summed E-state index contributed by atoms with van der Waals surface area (Å²) in [5.74, 6) is 0. The maximum absolute atomic E-state index is 5.78. The van der Waals surface area contributed by atoms with Crippen LogP contribution in [0.2, 0.25) is 0 Å². The lowest BCUT2D eigenvalue weighted by Gasteiger charge is -2.41. The van der Waals surface area contributed by atoms with Crippen molar-refractivity contribution in [1.82, 2.24) is 4.90 Å². The second-order valence-corrected chi connectivity index (χ2v) is 6.53. The molecule has 0 radical (unpaired) electrons. The fourth-order valence-corrected chi connectivity index (χ4v) is 1.77. The van der Waals surface area contributed by atoms with Crippen molar-refractivity contribution in [2.24, 2.45) is 0 Å². The summed E-state index contributed by atoms with van der Waals surface area (Å²) in [4.78, 5) is 2.47. The van der Waals surface area contributed by atoms with Gasteiger partial charge in [-0.15, -0.1) is 0 Å². The van der Waals surface area contributed by atoms with Crippen molar-refractivity contribution in [1.29, 1.82) is 0 Å². The molecule has 1 atom stereocenters. The molecule has 0 aromatic heterocycles. The topological polar surface area (TPSA) is 21.7 Å². The fourth-order valence-electron chi connectivity index (χ4n) is 1.77. The maximum Gasteiger partial charge on any atom is 0.0936 e. The molecule has 1 fully saturated rings. The second-order valence-electron chi connectivity index (χ2n) is 6.53. The molecule has 96 valence electrons. The Kier molecular flexibility index (Phi) is 4.38. The van der Waals surface area contributed by atoms with E-state index >= 15 is 0 Å². The predicted octanol–water partition coefficient (Wildman–Crippen LogP) is 2.30. The highest BCUT2D eigenvalue weighted by molar-refractivity contribution is 4.82. The van der Waals surface area contributed by atoms with Crippen molar-refractivity contribution in [3.8, 4) is 0 Å². The Morgan fingerprint density at radius 3 is 2.31 bits per heavy atom. The molecule has 0 amide bonds. The molecule has 0 spiro atoms. The Hall–Kier alpha value is -0.120. The number of hydrogen-bond acceptors (Lipinski definition) is 3. The molecule has 0 aliphatic carbocycles. The van der Waals surface area contributed by atoms with Crippen LogP contribution in [-0.2, 0) is 9.47 Å². The highest BCUT2D eigenvalue weighted by atomic mass is 16.5. The average Bonchev–Trinajstić information content (AvgIpc) is 2.13. The second kappa shape index (κ2) is 5.03. The minimum Gasteiger partial charge on any atom is -0.373 e. The van der Waals surface area contributed by atoms with Crippen LogP contribution < -0.4 is 0 Å². The van der Waals surface area contributed by atoms with Crippen LogP contribution in [0, 0.1) is 0 Å². The molecule has 1 aliphatic rings. The number of nitrogens with zero attached hydrogens (tertiary/aromatic N) is 1. The van der Waals surface area contributed by atoms with Gasteiger partial charge in [-0.25, -0.2) is 0 Å². The molecule has 0 aromatic carbocycles. The van der Waals surface area contributed by atoms with Crippen molar-refractivity contribution in [3.63, 3.8) is 0 Å². The summed E-state index contributed by atoms with van der Waals surface area (Å²) in [5, 5.41) is 0. The number of morpholine rings is 1. The smallest absolute Gasteiger partial charge is 0.0936 e. The molecule has 0 bridgehead atoms. The van der Waals surface area contributed by atoms with E-state index < -0.39 is 0 Å². The first-order valence-electron chi connectivity index (χ1n) is 6.19. The van der Waals surface area contributed by atoms with Crippen molar-refractivity contribution in [2.75, 3.05) is 26.3 Å². The van der Waals surface area contributed by atoms with E-state index in [9.17, 15) is 0 Å². The van der Waals surface area contributed by atoms with Gasteiger partial charge in [-0.05, 0) is 41.5 Å². The van der Waals surface area contributed by atoms with Gasteiger partial charge in [0.05, 0.1) is 24.9 Å². The van der Waals surface area contributed by atoms with Crippen LogP contribution in [0.15, 0.2) is 0 Å². The Labute approximate surface area is 100 Å². The molecule has 3 nitrogen and oxygen atoms in total. The van der Waals surface area contributed by atoms with E-state index in [0.29, 0.717) is 6.61 Å². The summed E-state index contributed by atoms with van der Waals surface area (Å²) in [6.45, 7) is 16.5. The summed E-state index contributed by atoms with van der Waals surface area (Å²) in [7, 11) is 0. The van der Waals surface area contributed by atoms with Gasteiger partial charge in [-0.3, -0.25) is 4.90 Å². The summed E-state index contributed by atoms with van der Waals surface area (Å²) in [6, 6.07) is 0. The maximum atomic E-state index is 5.78. The van der Waals surface area contributed by atoms with E-state index in [1.54, 1.807) is 0 Å². The van der Waals surface area contributed by atoms with Gasteiger partial charge in [0.1, 0.15) is 0 Å². The molecular formula is C13H27NO2. The highest BCUT2D eigenvalue weighted by Crippen LogP contribution is 2.18. The molecule has 1 unspecified atom stereocenters. The molecule has 1 rings (SSSR count). The molecule has 0 N–H and O–H groups in total. The monoisotopic (exact) mass is 229 g/mol. The van der Waals surface area contributed by atoms with Gasteiger partial charge in [0, 0.05) is 18.6 Å². The Balaban J connectivity index is 2.39. The van der Waals surface area contributed by atoms with Crippen LogP contribution in [0.4, 0.5) is 0 Å². The molecule has 1 heterocycles. The summed E-state index contributed by atoms with van der Waals surface area (Å²) >= 11 is 0. The summed E-state index contributed by atoms with van der Waals surface area (Å²) in [5.41, 5.74) is 0.150. The van der Waals surface area contributed by atoms with Crippen molar-refractivity contribution in [2.45, 2.75) is 58.8 Å². The van der Waals surface area contributed by atoms with Gasteiger partial charge in [-0.2, -0.15) is 0 Å². The van der Waals surface area contributed by atoms with E-state index in [1.165, 1.54) is 0 Å². The Bertz CT molecular complexity index is 215. The van der Waals surface area contributed by atoms with Gasteiger partial charge in [0.25, 0.3) is 0 Å². The lowest BCUT2D eigenvalue weighted by atomic mass is 10.0. The van der Waals surface area contributed by atoms with Crippen LogP contribution in [0.25, 0.3) is 0 Å². The normalized spacial score (nSPS) is 24.8. The number of ether oxygens (including phenoxy) is 2. The van der Waals surface area contributed by atoms with Crippen LogP contribution >= 0.6 is 0 Å². The first-order valence-corrected chi connectivity index (χ1v) is 6.19. The fraction of sp³-hybridized carbons (Fsp3) is 1.00. The van der Waals surface area contributed by atoms with Gasteiger partial charge in [0.2, 0.25) is 0 Å². The van der Waals surface area contributed by atoms with Crippen molar-refractivity contribution in [3.05, 3.63) is 0 Å². The quantitative estimate of drug-likeness (QED) is 0.725. The Morgan fingerprint density at radius 1 is 1.19 bits per heavy atom. The van der Waals surface area contributed by atoms with E-state index in [-0.39, 0.29) is 17.2 Å². The predicted molar refractivity (Wildman–Crippen MR) is 66.8 cm³/mol. The third-order valence-electron chi connectivity index (χ3n) is 2.79. The summed E-state index contributed by atoms with van der Waals surface area (Å²) in [6.07, 6.45) is 0.215. The third-order valence-corrected chi connectivity index (χ3v) is 2.79. The van der Waals surface area contributed by atoms with Gasteiger partial charge in [-0.1, -0.05) is 0 Å². The average molecular weight is 229 g/mol. The lowest BCUT2D eigenvalue weighted by Crippen LogP contribution is -2.52. The van der Waals surface area contributed by atoms with Crippen LogP contribution in [0.5, 0.6) is 0 Å². The third kappa shape index (κ3) is 4.81. The lowest BCUT2D eigenvalue weighted by molar-refractivity contribution is -0.116. The zero-order valence-electron chi connectivity index (χ0n) is 11.7. The van der Waals surface area contributed by atoms with E-state index in [0.717, 1.165) is 19.7 Å². The van der Waals surface area contributed by atoms with Crippen LogP contribution in [0.3, 0.4) is 0 Å². The zero-order valence-corrected chi connectivity index (χ0v) is 11.7. The molecule has 1 saturated heterocycles. The van der Waals surface area contributed by atoms with E-state index in [2.05, 4.69) is 46.4 Å². The first-order chi connectivity index (χ1) is 7.18. The van der Waals surface area contributed by atoms with E-state index in [4.69, 9.17) is 9.47 Å². The van der Waals surface area contributed by atoms with Gasteiger partial charge < -0.3 is 9.47 Å². The molecule has 0 aromatic rings. The van der Waals surface area contributed by atoms with Crippen molar-refractivity contribution < 1.29 is 9.47 Å². The number of hydrogen-bond donors (Lipinski definition) is 0. The summed E-state index contributed by atoms with van der Waals surface area (Å²) < 4.78 is 11.5. The highest BCUT2D eigenvalue weighted by Gasteiger charge is 2.29. The largest absolute Gasteiger partial charge is 0.373 e. The molecule has 3 heteroatoms. The minimum atomic E-state index is -0.0760. The minimum absolute atomic E-state index is 0.0760. The van der Waals surface area contributed by atoms with Crippen LogP contribution in [-0.4, -0.2) is 48.4 Å². The van der Waals surface area contributed by atoms with Crippen LogP contribution in [0.1, 0.15) is 41.5 Å². The zero-order chi connectivity index (χ0) is 12.4. The molecule has 16 heavy (non-hydrogen) atoms. The SMILES string of the molecule is CC(C)(C)OCC1CN(C(C)(C)C)CCO1. The molecule has 1 aliphatic heterocycles.